The number of alkyl halides is 4. The quantitative estimate of drug-likeness (QED) is 0.606. The first-order valence-corrected chi connectivity index (χ1v) is 6.50. The zero-order valence-electron chi connectivity index (χ0n) is 10.3. The summed E-state index contributed by atoms with van der Waals surface area (Å²) < 4.78 is 51.1. The van der Waals surface area contributed by atoms with Gasteiger partial charge in [0.1, 0.15) is 5.82 Å². The Morgan fingerprint density at radius 1 is 1.42 bits per heavy atom. The average molecular weight is 342 g/mol. The zero-order valence-corrected chi connectivity index (χ0v) is 11.8. The Kier molecular flexibility index (Phi) is 4.95. The van der Waals surface area contributed by atoms with Crippen molar-refractivity contribution in [1.29, 1.82) is 0 Å². The molecule has 0 N–H and O–H groups in total. The molecule has 1 aromatic rings. The summed E-state index contributed by atoms with van der Waals surface area (Å²) in [6, 6.07) is 1.54. The third-order valence-corrected chi connectivity index (χ3v) is 3.67. The molecule has 0 aliphatic rings. The van der Waals surface area contributed by atoms with Crippen LogP contribution in [0.25, 0.3) is 0 Å². The van der Waals surface area contributed by atoms with Crippen LogP contribution in [0.3, 0.4) is 0 Å². The smallest absolute Gasteiger partial charge is 0.338 e. The van der Waals surface area contributed by atoms with Crippen molar-refractivity contribution < 1.29 is 22.4 Å². The van der Waals surface area contributed by atoms with Crippen LogP contribution in [0.2, 0.25) is 0 Å². The van der Waals surface area contributed by atoms with E-state index in [-0.39, 0.29) is 6.04 Å². The molecule has 0 aromatic heterocycles. The molecule has 1 rings (SSSR count). The van der Waals surface area contributed by atoms with Gasteiger partial charge in [0.2, 0.25) is 0 Å². The monoisotopic (exact) mass is 341 g/mol. The minimum atomic E-state index is -4.61. The van der Waals surface area contributed by atoms with Gasteiger partial charge in [-0.05, 0) is 25.1 Å². The zero-order chi connectivity index (χ0) is 14.8. The van der Waals surface area contributed by atoms with Crippen molar-refractivity contribution in [3.63, 3.8) is 0 Å². The first kappa shape index (κ1) is 15.9. The highest BCUT2D eigenvalue weighted by Crippen LogP contribution is 2.30. The lowest BCUT2D eigenvalue weighted by atomic mass is 10.1. The van der Waals surface area contributed by atoms with Crippen molar-refractivity contribution in [3.05, 3.63) is 35.1 Å². The lowest BCUT2D eigenvalue weighted by molar-refractivity contribution is -0.137. The van der Waals surface area contributed by atoms with Gasteiger partial charge in [-0.2, -0.15) is 13.2 Å². The van der Waals surface area contributed by atoms with Gasteiger partial charge in [0.15, 0.2) is 0 Å². The molecule has 0 radical (unpaired) electrons. The minimum Gasteiger partial charge on any atom is -0.338 e. The fourth-order valence-electron chi connectivity index (χ4n) is 1.36. The third-order valence-electron chi connectivity index (χ3n) is 2.73. The molecule has 0 aliphatic heterocycles. The van der Waals surface area contributed by atoms with Gasteiger partial charge in [0, 0.05) is 18.4 Å². The first-order valence-electron chi connectivity index (χ1n) is 5.38. The summed E-state index contributed by atoms with van der Waals surface area (Å²) in [7, 11) is 1.41. The van der Waals surface area contributed by atoms with Crippen LogP contribution in [-0.2, 0) is 6.18 Å². The minimum absolute atomic E-state index is 0.263. The van der Waals surface area contributed by atoms with Gasteiger partial charge >= 0.3 is 6.18 Å². The van der Waals surface area contributed by atoms with E-state index >= 15 is 0 Å². The summed E-state index contributed by atoms with van der Waals surface area (Å²) in [5, 5.41) is 0.440. The summed E-state index contributed by atoms with van der Waals surface area (Å²) in [6.45, 7) is 1.69. The fourth-order valence-corrected chi connectivity index (χ4v) is 1.79. The molecule has 0 saturated heterocycles. The maximum absolute atomic E-state index is 13.5. The van der Waals surface area contributed by atoms with E-state index in [0.717, 1.165) is 0 Å². The molecule has 1 amide bonds. The van der Waals surface area contributed by atoms with Crippen LogP contribution in [0.5, 0.6) is 0 Å². The lowest BCUT2D eigenvalue weighted by Gasteiger charge is -2.23. The summed E-state index contributed by atoms with van der Waals surface area (Å²) in [5.41, 5.74) is -1.62. The Morgan fingerprint density at radius 2 is 2.00 bits per heavy atom. The molecule has 0 bridgehead atoms. The predicted octanol–water partition coefficient (Wildman–Crippen LogP) is 3.70. The molecule has 1 aromatic carbocycles. The van der Waals surface area contributed by atoms with E-state index in [1.807, 2.05) is 0 Å². The number of nitrogens with zero attached hydrogens (tertiary/aromatic N) is 1. The number of hydrogen-bond donors (Lipinski definition) is 0. The molecule has 0 saturated carbocycles. The third kappa shape index (κ3) is 3.68. The highest BCUT2D eigenvalue weighted by molar-refractivity contribution is 9.09. The topological polar surface area (TPSA) is 20.3 Å². The van der Waals surface area contributed by atoms with E-state index in [2.05, 4.69) is 15.9 Å². The highest BCUT2D eigenvalue weighted by atomic mass is 79.9. The predicted molar refractivity (Wildman–Crippen MR) is 66.8 cm³/mol. The standard InChI is InChI=1S/C12H12BrF4NO/c1-7(6-13)18(2)11(19)9-5-8(12(15,16)17)3-4-10(9)14/h3-5,7H,6H2,1-2H3. The number of rotatable bonds is 3. The van der Waals surface area contributed by atoms with E-state index in [0.29, 0.717) is 23.5 Å². The van der Waals surface area contributed by atoms with E-state index in [1.165, 1.54) is 11.9 Å². The molecule has 1 unspecified atom stereocenters. The Bertz CT molecular complexity index is 475. The Labute approximate surface area is 116 Å². The largest absolute Gasteiger partial charge is 0.416 e. The molecular formula is C12H12BrF4NO. The Morgan fingerprint density at radius 3 is 2.47 bits per heavy atom. The molecule has 0 spiro atoms. The fraction of sp³-hybridized carbons (Fsp3) is 0.417. The molecule has 0 heterocycles. The van der Waals surface area contributed by atoms with Crippen LogP contribution in [0, 0.1) is 5.82 Å². The molecular weight excluding hydrogens is 330 g/mol. The van der Waals surface area contributed by atoms with Crippen molar-refractivity contribution in [2.75, 3.05) is 12.4 Å². The van der Waals surface area contributed by atoms with Gasteiger partial charge in [0.05, 0.1) is 11.1 Å². The van der Waals surface area contributed by atoms with Gasteiger partial charge in [-0.25, -0.2) is 4.39 Å². The number of amides is 1. The molecule has 2 nitrogen and oxygen atoms in total. The van der Waals surface area contributed by atoms with Crippen molar-refractivity contribution in [2.24, 2.45) is 0 Å². The number of carbonyl (C=O) groups excluding carboxylic acids is 1. The maximum atomic E-state index is 13.5. The maximum Gasteiger partial charge on any atom is 0.416 e. The van der Waals surface area contributed by atoms with Gasteiger partial charge in [-0.1, -0.05) is 15.9 Å². The van der Waals surface area contributed by atoms with E-state index in [1.54, 1.807) is 6.92 Å². The van der Waals surface area contributed by atoms with Crippen LogP contribution < -0.4 is 0 Å². The van der Waals surface area contributed by atoms with Gasteiger partial charge in [-0.15, -0.1) is 0 Å². The number of halogens is 5. The Balaban J connectivity index is 3.16. The van der Waals surface area contributed by atoms with Crippen LogP contribution in [0.15, 0.2) is 18.2 Å². The second kappa shape index (κ2) is 5.90. The van der Waals surface area contributed by atoms with Crippen LogP contribution in [0.1, 0.15) is 22.8 Å². The summed E-state index contributed by atoms with van der Waals surface area (Å²) >= 11 is 3.15. The highest BCUT2D eigenvalue weighted by Gasteiger charge is 2.32. The first-order chi connectivity index (χ1) is 8.68. The summed E-state index contributed by atoms with van der Waals surface area (Å²) in [5.74, 6) is -1.75. The van der Waals surface area contributed by atoms with Gasteiger partial charge in [-0.3, -0.25) is 4.79 Å². The van der Waals surface area contributed by atoms with Crippen molar-refractivity contribution in [1.82, 2.24) is 4.90 Å². The SMILES string of the molecule is CC(CBr)N(C)C(=O)c1cc(C(F)(F)F)ccc1F. The van der Waals surface area contributed by atoms with E-state index < -0.39 is 29.0 Å². The van der Waals surface area contributed by atoms with Gasteiger partial charge < -0.3 is 4.90 Å². The molecule has 1 atom stereocenters. The molecule has 19 heavy (non-hydrogen) atoms. The number of hydrogen-bond acceptors (Lipinski definition) is 1. The second-order valence-corrected chi connectivity index (χ2v) is 4.76. The molecule has 7 heteroatoms. The number of benzene rings is 1. The van der Waals surface area contributed by atoms with Crippen molar-refractivity contribution in [2.45, 2.75) is 19.1 Å². The van der Waals surface area contributed by atoms with E-state index in [4.69, 9.17) is 0 Å². The molecule has 106 valence electrons. The van der Waals surface area contributed by atoms with E-state index in [9.17, 15) is 22.4 Å². The second-order valence-electron chi connectivity index (χ2n) is 4.11. The average Bonchev–Trinajstić information content (AvgIpc) is 2.35. The van der Waals surface area contributed by atoms with Crippen LogP contribution in [-0.4, -0.2) is 29.2 Å². The Hall–Kier alpha value is -1.11. The normalized spacial score (nSPS) is 13.2. The van der Waals surface area contributed by atoms with Crippen molar-refractivity contribution in [3.8, 4) is 0 Å². The van der Waals surface area contributed by atoms with Crippen molar-refractivity contribution >= 4 is 21.8 Å². The van der Waals surface area contributed by atoms with Crippen LogP contribution >= 0.6 is 15.9 Å². The van der Waals surface area contributed by atoms with Crippen LogP contribution in [0.4, 0.5) is 17.6 Å². The molecule has 0 aliphatic carbocycles. The summed E-state index contributed by atoms with van der Waals surface area (Å²) in [6.07, 6.45) is -4.61. The number of carbonyl (C=O) groups is 1. The summed E-state index contributed by atoms with van der Waals surface area (Å²) in [4.78, 5) is 13.1. The van der Waals surface area contributed by atoms with Gasteiger partial charge in [0.25, 0.3) is 5.91 Å². The lowest BCUT2D eigenvalue weighted by Crippen LogP contribution is -2.36. The molecule has 0 fully saturated rings.